The average Bonchev–Trinajstić information content (AvgIpc) is 3.14. The number of rotatable bonds is 6. The summed E-state index contributed by atoms with van der Waals surface area (Å²) in [6.07, 6.45) is 1.79. The van der Waals surface area contributed by atoms with Crippen molar-refractivity contribution in [3.05, 3.63) is 76.0 Å². The topological polar surface area (TPSA) is 69.9 Å². The Morgan fingerprint density at radius 2 is 1.80 bits per heavy atom. The number of esters is 1. The number of nitrogens with zero attached hydrogens (tertiary/aromatic N) is 4. The van der Waals surface area contributed by atoms with E-state index in [4.69, 9.17) is 27.9 Å². The molecule has 3 rings (SSSR count). The number of ether oxygens (including phenoxy) is 1. The first-order valence-corrected chi connectivity index (χ1v) is 8.26. The maximum absolute atomic E-state index is 12.6. The quantitative estimate of drug-likeness (QED) is 0.615. The molecule has 0 N–H and O–H groups in total. The molecule has 3 aromatic rings. The molecule has 0 radical (unpaired) electrons. The zero-order valence-corrected chi connectivity index (χ0v) is 14.6. The fourth-order valence-corrected chi connectivity index (χ4v) is 2.85. The molecule has 0 aliphatic heterocycles. The van der Waals surface area contributed by atoms with Crippen molar-refractivity contribution in [1.82, 2.24) is 20.2 Å². The van der Waals surface area contributed by atoms with Crippen LogP contribution in [0.5, 0.6) is 0 Å². The zero-order chi connectivity index (χ0) is 17.6. The van der Waals surface area contributed by atoms with E-state index in [9.17, 15) is 4.79 Å². The average molecular weight is 377 g/mol. The van der Waals surface area contributed by atoms with Crippen LogP contribution in [0.1, 0.15) is 17.2 Å². The molecule has 0 bridgehead atoms. The molecule has 0 amide bonds. The van der Waals surface area contributed by atoms with Gasteiger partial charge in [-0.3, -0.25) is 0 Å². The van der Waals surface area contributed by atoms with Crippen molar-refractivity contribution < 1.29 is 9.53 Å². The molecule has 0 aliphatic carbocycles. The predicted octanol–water partition coefficient (Wildman–Crippen LogP) is 3.51. The van der Waals surface area contributed by atoms with Crippen LogP contribution in [-0.2, 0) is 22.6 Å². The summed E-state index contributed by atoms with van der Waals surface area (Å²) in [6, 6.07) is 14.0. The van der Waals surface area contributed by atoms with Crippen LogP contribution in [0, 0.1) is 0 Å². The predicted molar refractivity (Wildman–Crippen MR) is 93.3 cm³/mol. The van der Waals surface area contributed by atoms with Crippen molar-refractivity contribution in [2.75, 3.05) is 0 Å². The smallest absolute Gasteiger partial charge is 0.331 e. The highest BCUT2D eigenvalue weighted by Crippen LogP contribution is 2.25. The van der Waals surface area contributed by atoms with Gasteiger partial charge >= 0.3 is 5.97 Å². The number of benzene rings is 2. The third kappa shape index (κ3) is 4.35. The Morgan fingerprint density at radius 1 is 1.08 bits per heavy atom. The number of hydrogen-bond acceptors (Lipinski definition) is 5. The van der Waals surface area contributed by atoms with Gasteiger partial charge in [0.15, 0.2) is 6.04 Å². The lowest BCUT2D eigenvalue weighted by Gasteiger charge is -2.16. The first-order valence-electron chi connectivity index (χ1n) is 7.51. The number of aromatic nitrogens is 4. The second-order valence-corrected chi connectivity index (χ2v) is 6.12. The van der Waals surface area contributed by atoms with Crippen LogP contribution >= 0.6 is 23.2 Å². The molecule has 8 heteroatoms. The van der Waals surface area contributed by atoms with Gasteiger partial charge in [-0.15, -0.1) is 5.10 Å². The van der Waals surface area contributed by atoms with Crippen molar-refractivity contribution in [2.24, 2.45) is 0 Å². The second-order valence-electron chi connectivity index (χ2n) is 5.30. The van der Waals surface area contributed by atoms with Crippen LogP contribution in [0.15, 0.2) is 54.9 Å². The Labute approximate surface area is 154 Å². The standard InChI is InChI=1S/C17H14Cl2N4O2/c18-14-7-4-8-15(19)13(14)10-25-17(24)16(23-11-20-21-22-23)9-12-5-2-1-3-6-12/h1-8,11,16H,9-10H2/t16-/m0/s1. The first-order chi connectivity index (χ1) is 12.1. The van der Waals surface area contributed by atoms with Gasteiger partial charge in [0, 0.05) is 22.0 Å². The minimum absolute atomic E-state index is 0.0231. The van der Waals surface area contributed by atoms with Crippen molar-refractivity contribution in [1.29, 1.82) is 0 Å². The second kappa shape index (κ2) is 8.09. The summed E-state index contributed by atoms with van der Waals surface area (Å²) in [4.78, 5) is 12.6. The highest BCUT2D eigenvalue weighted by molar-refractivity contribution is 6.35. The Morgan fingerprint density at radius 3 is 2.44 bits per heavy atom. The fraction of sp³-hybridized carbons (Fsp3) is 0.176. The third-order valence-corrected chi connectivity index (χ3v) is 4.36. The zero-order valence-electron chi connectivity index (χ0n) is 13.0. The van der Waals surface area contributed by atoms with E-state index in [1.54, 1.807) is 18.2 Å². The molecule has 25 heavy (non-hydrogen) atoms. The van der Waals surface area contributed by atoms with Gasteiger partial charge in [-0.1, -0.05) is 59.6 Å². The van der Waals surface area contributed by atoms with Crippen molar-refractivity contribution in [2.45, 2.75) is 19.1 Å². The lowest BCUT2D eigenvalue weighted by atomic mass is 10.1. The molecule has 0 saturated carbocycles. The third-order valence-electron chi connectivity index (χ3n) is 3.65. The molecular weight excluding hydrogens is 363 g/mol. The molecule has 0 unspecified atom stereocenters. The summed E-state index contributed by atoms with van der Waals surface area (Å²) in [7, 11) is 0. The number of tetrazole rings is 1. The van der Waals surface area contributed by atoms with E-state index in [2.05, 4.69) is 15.5 Å². The summed E-state index contributed by atoms with van der Waals surface area (Å²) < 4.78 is 6.80. The number of carbonyl (C=O) groups excluding carboxylic acids is 1. The van der Waals surface area contributed by atoms with Crippen LogP contribution in [0.4, 0.5) is 0 Å². The van der Waals surface area contributed by atoms with Crippen LogP contribution in [-0.4, -0.2) is 26.2 Å². The van der Waals surface area contributed by atoms with Crippen molar-refractivity contribution >= 4 is 29.2 Å². The minimum Gasteiger partial charge on any atom is -0.459 e. The first kappa shape index (κ1) is 17.4. The molecule has 0 fully saturated rings. The lowest BCUT2D eigenvalue weighted by molar-refractivity contribution is -0.149. The van der Waals surface area contributed by atoms with Crippen LogP contribution in [0.3, 0.4) is 0 Å². The van der Waals surface area contributed by atoms with E-state index >= 15 is 0 Å². The van der Waals surface area contributed by atoms with Gasteiger partial charge in [-0.05, 0) is 28.1 Å². The van der Waals surface area contributed by atoms with Gasteiger partial charge < -0.3 is 4.74 Å². The van der Waals surface area contributed by atoms with Gasteiger partial charge in [0.25, 0.3) is 0 Å². The largest absolute Gasteiger partial charge is 0.459 e. The summed E-state index contributed by atoms with van der Waals surface area (Å²) >= 11 is 12.2. The van der Waals surface area contributed by atoms with Crippen LogP contribution < -0.4 is 0 Å². The lowest BCUT2D eigenvalue weighted by Crippen LogP contribution is -2.25. The maximum atomic E-state index is 12.6. The summed E-state index contributed by atoms with van der Waals surface area (Å²) in [5.41, 5.74) is 1.53. The van der Waals surface area contributed by atoms with Crippen molar-refractivity contribution in [3.8, 4) is 0 Å². The Balaban J connectivity index is 1.75. The van der Waals surface area contributed by atoms with Crippen LogP contribution in [0.25, 0.3) is 0 Å². The van der Waals surface area contributed by atoms with E-state index in [0.717, 1.165) is 5.56 Å². The molecule has 0 aliphatic rings. The van der Waals surface area contributed by atoms with E-state index in [-0.39, 0.29) is 6.61 Å². The summed E-state index contributed by atoms with van der Waals surface area (Å²) in [5, 5.41) is 11.9. The molecular formula is C17H14Cl2N4O2. The van der Waals surface area contributed by atoms with Crippen molar-refractivity contribution in [3.63, 3.8) is 0 Å². The Hall–Kier alpha value is -2.44. The molecule has 0 spiro atoms. The van der Waals surface area contributed by atoms with Gasteiger partial charge in [-0.25, -0.2) is 9.48 Å². The highest BCUT2D eigenvalue weighted by Gasteiger charge is 2.24. The van der Waals surface area contributed by atoms with E-state index < -0.39 is 12.0 Å². The summed E-state index contributed by atoms with van der Waals surface area (Å²) in [6.45, 7) is -0.0231. The van der Waals surface area contributed by atoms with Gasteiger partial charge in [0.05, 0.1) is 0 Å². The maximum Gasteiger partial charge on any atom is 0.331 e. The molecule has 1 atom stereocenters. The van der Waals surface area contributed by atoms with E-state index in [1.807, 2.05) is 30.3 Å². The molecule has 6 nitrogen and oxygen atoms in total. The fourth-order valence-electron chi connectivity index (χ4n) is 2.34. The number of carbonyl (C=O) groups is 1. The van der Waals surface area contributed by atoms with Crippen LogP contribution in [0.2, 0.25) is 10.0 Å². The molecule has 1 aromatic heterocycles. The van der Waals surface area contributed by atoms with Gasteiger partial charge in [0.2, 0.25) is 0 Å². The molecule has 2 aromatic carbocycles. The number of halogens is 2. The van der Waals surface area contributed by atoms with E-state index in [1.165, 1.54) is 11.0 Å². The summed E-state index contributed by atoms with van der Waals surface area (Å²) in [5.74, 6) is -0.466. The highest BCUT2D eigenvalue weighted by atomic mass is 35.5. The Bertz CT molecular complexity index is 821. The Kier molecular flexibility index (Phi) is 5.63. The van der Waals surface area contributed by atoms with Gasteiger partial charge in [0.1, 0.15) is 12.9 Å². The number of hydrogen-bond donors (Lipinski definition) is 0. The van der Waals surface area contributed by atoms with E-state index in [0.29, 0.717) is 22.0 Å². The molecule has 0 saturated heterocycles. The molecule has 1 heterocycles. The minimum atomic E-state index is -0.682. The van der Waals surface area contributed by atoms with Gasteiger partial charge in [-0.2, -0.15) is 0 Å². The normalized spacial score (nSPS) is 11.9. The monoisotopic (exact) mass is 376 g/mol. The molecule has 128 valence electrons. The SMILES string of the molecule is O=C(OCc1c(Cl)cccc1Cl)[C@H](Cc1ccccc1)n1cnnn1.